The number of nitrogens with zero attached hydrogens (tertiary/aromatic N) is 3. The highest BCUT2D eigenvalue weighted by Crippen LogP contribution is 2.12. The standard InChI is InChI=1S/C13H26N4O/c1-5-8-13(18-7-3)12(14-6-2)9-11-10-17(4)16-15-11/h10,12-14H,5-9H2,1-4H3. The molecule has 0 spiro atoms. The van der Waals surface area contributed by atoms with E-state index in [4.69, 9.17) is 4.74 Å². The van der Waals surface area contributed by atoms with Gasteiger partial charge in [-0.1, -0.05) is 25.5 Å². The van der Waals surface area contributed by atoms with Crippen LogP contribution in [0.2, 0.25) is 0 Å². The van der Waals surface area contributed by atoms with Gasteiger partial charge in [0.15, 0.2) is 0 Å². The van der Waals surface area contributed by atoms with E-state index < -0.39 is 0 Å². The summed E-state index contributed by atoms with van der Waals surface area (Å²) in [5.74, 6) is 0. The molecule has 104 valence electrons. The molecule has 1 N–H and O–H groups in total. The van der Waals surface area contributed by atoms with Crippen LogP contribution in [0, 0.1) is 0 Å². The molecule has 0 aliphatic carbocycles. The molecular formula is C13H26N4O. The molecule has 2 unspecified atom stereocenters. The molecule has 1 rings (SSSR count). The number of aryl methyl sites for hydroxylation is 1. The van der Waals surface area contributed by atoms with Gasteiger partial charge in [-0.25, -0.2) is 0 Å². The summed E-state index contributed by atoms with van der Waals surface area (Å²) < 4.78 is 7.60. The van der Waals surface area contributed by atoms with Crippen LogP contribution in [0.5, 0.6) is 0 Å². The first-order valence-electron chi connectivity index (χ1n) is 6.91. The van der Waals surface area contributed by atoms with Crippen molar-refractivity contribution in [2.45, 2.75) is 52.2 Å². The van der Waals surface area contributed by atoms with E-state index in [1.807, 2.05) is 20.2 Å². The number of likely N-dealkylation sites (N-methyl/N-ethyl adjacent to an activating group) is 1. The van der Waals surface area contributed by atoms with Crippen molar-refractivity contribution in [2.24, 2.45) is 7.05 Å². The van der Waals surface area contributed by atoms with Crippen molar-refractivity contribution >= 4 is 0 Å². The first-order chi connectivity index (χ1) is 8.71. The highest BCUT2D eigenvalue weighted by Gasteiger charge is 2.21. The van der Waals surface area contributed by atoms with Crippen LogP contribution in [0.15, 0.2) is 6.20 Å². The number of rotatable bonds is 9. The van der Waals surface area contributed by atoms with Crippen LogP contribution in [0.25, 0.3) is 0 Å². The number of aromatic nitrogens is 3. The molecule has 2 atom stereocenters. The zero-order valence-corrected chi connectivity index (χ0v) is 12.0. The lowest BCUT2D eigenvalue weighted by Crippen LogP contribution is -2.43. The monoisotopic (exact) mass is 254 g/mol. The minimum Gasteiger partial charge on any atom is -0.377 e. The highest BCUT2D eigenvalue weighted by atomic mass is 16.5. The van der Waals surface area contributed by atoms with Gasteiger partial charge in [-0.3, -0.25) is 4.68 Å². The van der Waals surface area contributed by atoms with Gasteiger partial charge in [0.2, 0.25) is 0 Å². The fourth-order valence-electron chi connectivity index (χ4n) is 2.21. The van der Waals surface area contributed by atoms with Gasteiger partial charge in [0.1, 0.15) is 0 Å². The Balaban J connectivity index is 2.66. The van der Waals surface area contributed by atoms with Gasteiger partial charge in [-0.15, -0.1) is 5.10 Å². The Labute approximate surface area is 110 Å². The molecule has 18 heavy (non-hydrogen) atoms. The van der Waals surface area contributed by atoms with Crippen molar-refractivity contribution in [3.8, 4) is 0 Å². The lowest BCUT2D eigenvalue weighted by atomic mass is 10.0. The number of hydrogen-bond acceptors (Lipinski definition) is 4. The van der Waals surface area contributed by atoms with Gasteiger partial charge >= 0.3 is 0 Å². The van der Waals surface area contributed by atoms with Gasteiger partial charge in [0, 0.05) is 32.3 Å². The second-order valence-corrected chi connectivity index (χ2v) is 4.53. The normalized spacial score (nSPS) is 14.7. The van der Waals surface area contributed by atoms with E-state index >= 15 is 0 Å². The van der Waals surface area contributed by atoms with Crippen molar-refractivity contribution < 1.29 is 4.74 Å². The van der Waals surface area contributed by atoms with Crippen LogP contribution in [0.4, 0.5) is 0 Å². The van der Waals surface area contributed by atoms with E-state index in [2.05, 4.69) is 29.5 Å². The first-order valence-corrected chi connectivity index (χ1v) is 6.91. The summed E-state index contributed by atoms with van der Waals surface area (Å²) in [4.78, 5) is 0. The molecule has 1 aromatic rings. The first kappa shape index (κ1) is 15.1. The largest absolute Gasteiger partial charge is 0.377 e. The molecule has 0 saturated heterocycles. The van der Waals surface area contributed by atoms with Gasteiger partial charge in [-0.05, 0) is 19.9 Å². The number of hydrogen-bond donors (Lipinski definition) is 1. The molecule has 0 aromatic carbocycles. The van der Waals surface area contributed by atoms with Crippen molar-refractivity contribution in [3.63, 3.8) is 0 Å². The quantitative estimate of drug-likeness (QED) is 0.726. The molecule has 0 bridgehead atoms. The Kier molecular flexibility index (Phi) is 6.90. The second kappa shape index (κ2) is 8.21. The summed E-state index contributed by atoms with van der Waals surface area (Å²) in [6, 6.07) is 0.312. The zero-order chi connectivity index (χ0) is 13.4. The van der Waals surface area contributed by atoms with Crippen molar-refractivity contribution in [3.05, 3.63) is 11.9 Å². The highest BCUT2D eigenvalue weighted by molar-refractivity contribution is 4.97. The Morgan fingerprint density at radius 1 is 1.39 bits per heavy atom. The smallest absolute Gasteiger partial charge is 0.0843 e. The Bertz CT molecular complexity index is 321. The maximum atomic E-state index is 5.86. The van der Waals surface area contributed by atoms with E-state index in [1.165, 1.54) is 0 Å². The Morgan fingerprint density at radius 2 is 2.17 bits per heavy atom. The summed E-state index contributed by atoms with van der Waals surface area (Å²) in [5, 5.41) is 11.6. The maximum Gasteiger partial charge on any atom is 0.0843 e. The molecule has 0 saturated carbocycles. The maximum absolute atomic E-state index is 5.86. The van der Waals surface area contributed by atoms with E-state index in [-0.39, 0.29) is 6.10 Å². The Morgan fingerprint density at radius 3 is 2.67 bits per heavy atom. The third-order valence-electron chi connectivity index (χ3n) is 2.95. The van der Waals surface area contributed by atoms with Crippen molar-refractivity contribution in [2.75, 3.05) is 13.2 Å². The zero-order valence-electron chi connectivity index (χ0n) is 12.0. The van der Waals surface area contributed by atoms with Gasteiger partial charge in [-0.2, -0.15) is 0 Å². The summed E-state index contributed by atoms with van der Waals surface area (Å²) in [5.41, 5.74) is 1.02. The molecule has 0 amide bonds. The molecule has 5 heteroatoms. The van der Waals surface area contributed by atoms with Crippen LogP contribution in [-0.4, -0.2) is 40.3 Å². The third kappa shape index (κ3) is 4.74. The van der Waals surface area contributed by atoms with E-state index in [1.54, 1.807) is 4.68 Å². The summed E-state index contributed by atoms with van der Waals surface area (Å²) in [6.07, 6.45) is 5.30. The van der Waals surface area contributed by atoms with Crippen LogP contribution >= 0.6 is 0 Å². The van der Waals surface area contributed by atoms with Gasteiger partial charge < -0.3 is 10.1 Å². The molecule has 1 heterocycles. The predicted octanol–water partition coefficient (Wildman–Crippen LogP) is 1.54. The van der Waals surface area contributed by atoms with E-state index in [0.29, 0.717) is 6.04 Å². The molecular weight excluding hydrogens is 228 g/mol. The minimum absolute atomic E-state index is 0.252. The lowest BCUT2D eigenvalue weighted by molar-refractivity contribution is 0.0283. The molecule has 1 aromatic heterocycles. The minimum atomic E-state index is 0.252. The Hall–Kier alpha value is -0.940. The molecule has 0 fully saturated rings. The molecule has 5 nitrogen and oxygen atoms in total. The average molecular weight is 254 g/mol. The SMILES string of the molecule is CCCC(OCC)C(Cc1cn(C)nn1)NCC. The topological polar surface area (TPSA) is 52.0 Å². The number of nitrogens with one attached hydrogen (secondary N) is 1. The van der Waals surface area contributed by atoms with Crippen molar-refractivity contribution in [1.29, 1.82) is 0 Å². The molecule has 0 radical (unpaired) electrons. The van der Waals surface area contributed by atoms with Crippen LogP contribution in [0.3, 0.4) is 0 Å². The van der Waals surface area contributed by atoms with Crippen LogP contribution < -0.4 is 5.32 Å². The average Bonchev–Trinajstić information content (AvgIpc) is 2.74. The fourth-order valence-corrected chi connectivity index (χ4v) is 2.21. The van der Waals surface area contributed by atoms with Crippen molar-refractivity contribution in [1.82, 2.24) is 20.3 Å². The fraction of sp³-hybridized carbons (Fsp3) is 0.846. The van der Waals surface area contributed by atoms with E-state index in [9.17, 15) is 0 Å². The van der Waals surface area contributed by atoms with Gasteiger partial charge in [0.05, 0.1) is 11.8 Å². The third-order valence-corrected chi connectivity index (χ3v) is 2.95. The number of ether oxygens (including phenoxy) is 1. The molecule has 0 aliphatic rings. The lowest BCUT2D eigenvalue weighted by Gasteiger charge is -2.27. The summed E-state index contributed by atoms with van der Waals surface area (Å²) >= 11 is 0. The van der Waals surface area contributed by atoms with Crippen LogP contribution in [-0.2, 0) is 18.2 Å². The molecule has 0 aliphatic heterocycles. The second-order valence-electron chi connectivity index (χ2n) is 4.53. The van der Waals surface area contributed by atoms with Gasteiger partial charge in [0.25, 0.3) is 0 Å². The summed E-state index contributed by atoms with van der Waals surface area (Å²) in [6.45, 7) is 8.06. The summed E-state index contributed by atoms with van der Waals surface area (Å²) in [7, 11) is 1.89. The van der Waals surface area contributed by atoms with Crippen LogP contribution in [0.1, 0.15) is 39.3 Å². The predicted molar refractivity (Wildman–Crippen MR) is 72.5 cm³/mol. The van der Waals surface area contributed by atoms with E-state index in [0.717, 1.165) is 38.1 Å².